The van der Waals surface area contributed by atoms with E-state index in [0.717, 1.165) is 28.0 Å². The van der Waals surface area contributed by atoms with Crippen LogP contribution in [0.25, 0.3) is 0 Å². The monoisotopic (exact) mass is 464 g/mol. The van der Waals surface area contributed by atoms with Gasteiger partial charge in [0.25, 0.3) is 17.2 Å². The number of rotatable bonds is 10. The van der Waals surface area contributed by atoms with Crippen molar-refractivity contribution in [2.45, 2.75) is 26.6 Å². The summed E-state index contributed by atoms with van der Waals surface area (Å²) in [5.74, 6) is -0.856. The highest BCUT2D eigenvalue weighted by Crippen LogP contribution is 2.16. The molecule has 0 aliphatic rings. The zero-order valence-electron chi connectivity index (χ0n) is 18.5. The molecule has 0 saturated heterocycles. The van der Waals surface area contributed by atoms with Gasteiger partial charge in [0.05, 0.1) is 11.1 Å². The Bertz CT molecular complexity index is 1240. The first-order valence-corrected chi connectivity index (χ1v) is 10.5. The number of hydrogen-bond acceptors (Lipinski definition) is 6. The Balaban J connectivity index is 1.69. The number of primary amides is 1. The molecule has 1 heterocycles. The number of benzene rings is 2. The third kappa shape index (κ3) is 6.06. The first-order chi connectivity index (χ1) is 16.3. The molecule has 10 heteroatoms. The highest BCUT2D eigenvalue weighted by Gasteiger charge is 2.20. The Morgan fingerprint density at radius 3 is 2.35 bits per heavy atom. The highest BCUT2D eigenvalue weighted by atomic mass is 16.6. The van der Waals surface area contributed by atoms with Crippen LogP contribution in [0.15, 0.2) is 71.7 Å². The minimum absolute atomic E-state index is 0.265. The topological polar surface area (TPSA) is 138 Å². The summed E-state index contributed by atoms with van der Waals surface area (Å²) in [5, 5.41) is 11.1. The first kappa shape index (κ1) is 24.2. The zero-order valence-corrected chi connectivity index (χ0v) is 18.5. The lowest BCUT2D eigenvalue weighted by Gasteiger charge is -2.22. The van der Waals surface area contributed by atoms with Gasteiger partial charge in [-0.25, -0.2) is 0 Å². The van der Waals surface area contributed by atoms with E-state index in [9.17, 15) is 24.5 Å². The van der Waals surface area contributed by atoms with Gasteiger partial charge in [-0.3, -0.25) is 29.1 Å². The average molecular weight is 464 g/mol. The van der Waals surface area contributed by atoms with Crippen LogP contribution in [-0.2, 0) is 24.5 Å². The smallest absolute Gasteiger partial charge is 0.286 e. The van der Waals surface area contributed by atoms with E-state index >= 15 is 0 Å². The summed E-state index contributed by atoms with van der Waals surface area (Å²) in [4.78, 5) is 48.7. The van der Waals surface area contributed by atoms with E-state index in [1.165, 1.54) is 4.90 Å². The Hall–Kier alpha value is -4.47. The number of carbonyl (C=O) groups is 2. The number of carbonyl (C=O) groups excluding carboxylic acids is 2. The van der Waals surface area contributed by atoms with Crippen LogP contribution in [0.3, 0.4) is 0 Å². The Morgan fingerprint density at radius 1 is 1.09 bits per heavy atom. The normalized spacial score (nSPS) is 10.5. The van der Waals surface area contributed by atoms with Crippen molar-refractivity contribution in [1.82, 2.24) is 9.47 Å². The van der Waals surface area contributed by atoms with Crippen LogP contribution in [0, 0.1) is 10.1 Å². The maximum atomic E-state index is 12.8. The van der Waals surface area contributed by atoms with Crippen molar-refractivity contribution >= 4 is 17.5 Å². The van der Waals surface area contributed by atoms with Gasteiger partial charge in [-0.05, 0) is 30.2 Å². The van der Waals surface area contributed by atoms with E-state index in [-0.39, 0.29) is 6.54 Å². The van der Waals surface area contributed by atoms with Crippen molar-refractivity contribution in [1.29, 1.82) is 0 Å². The average Bonchev–Trinajstić information content (AvgIpc) is 2.83. The summed E-state index contributed by atoms with van der Waals surface area (Å²) < 4.78 is 6.60. The van der Waals surface area contributed by atoms with E-state index in [1.54, 1.807) is 19.1 Å². The molecule has 0 saturated carbocycles. The second kappa shape index (κ2) is 10.9. The van der Waals surface area contributed by atoms with E-state index < -0.39 is 40.1 Å². The summed E-state index contributed by atoms with van der Waals surface area (Å²) in [6.45, 7) is 2.36. The maximum absolute atomic E-state index is 12.8. The summed E-state index contributed by atoms with van der Waals surface area (Å²) in [6, 6.07) is 17.8. The number of nitrogens with zero attached hydrogens (tertiary/aromatic N) is 3. The maximum Gasteiger partial charge on any atom is 0.286 e. The number of amides is 2. The molecular formula is C24H24N4O6. The molecule has 176 valence electrons. The number of aromatic nitrogens is 1. The van der Waals surface area contributed by atoms with Gasteiger partial charge in [0.1, 0.15) is 24.5 Å². The van der Waals surface area contributed by atoms with Crippen LogP contribution >= 0.6 is 0 Å². The number of pyridine rings is 1. The van der Waals surface area contributed by atoms with Crippen molar-refractivity contribution in [3.8, 4) is 5.75 Å². The molecule has 34 heavy (non-hydrogen) atoms. The van der Waals surface area contributed by atoms with E-state index in [1.807, 2.05) is 42.5 Å². The minimum atomic E-state index is -1.10. The molecule has 2 amide bonds. The SMILES string of the molecule is CCN(Cc1ccc(OCc2ccccc2)cc1)C(=O)Cn1cc([N+](=O)[O-])cc(C(N)=O)c1=O. The number of likely N-dealkylation sites (N-methyl/N-ethyl adjacent to an activating group) is 1. The Morgan fingerprint density at radius 2 is 1.76 bits per heavy atom. The summed E-state index contributed by atoms with van der Waals surface area (Å²) in [5.41, 5.74) is 5.14. The summed E-state index contributed by atoms with van der Waals surface area (Å²) >= 11 is 0. The van der Waals surface area contributed by atoms with Gasteiger partial charge in [0, 0.05) is 19.2 Å². The fourth-order valence-corrected chi connectivity index (χ4v) is 3.29. The fraction of sp³-hybridized carbons (Fsp3) is 0.208. The van der Waals surface area contributed by atoms with Gasteiger partial charge < -0.3 is 15.4 Å². The minimum Gasteiger partial charge on any atom is -0.489 e. The molecule has 0 radical (unpaired) electrons. The lowest BCUT2D eigenvalue weighted by atomic mass is 10.2. The summed E-state index contributed by atoms with van der Waals surface area (Å²) in [6.07, 6.45) is 0.930. The van der Waals surface area contributed by atoms with Crippen LogP contribution in [0.4, 0.5) is 5.69 Å². The van der Waals surface area contributed by atoms with Gasteiger partial charge in [-0.15, -0.1) is 0 Å². The molecule has 0 aliphatic carbocycles. The molecule has 0 atom stereocenters. The van der Waals surface area contributed by atoms with Gasteiger partial charge >= 0.3 is 0 Å². The molecule has 0 spiro atoms. The largest absolute Gasteiger partial charge is 0.489 e. The lowest BCUT2D eigenvalue weighted by Crippen LogP contribution is -2.37. The molecule has 2 aromatic carbocycles. The van der Waals surface area contributed by atoms with Crippen molar-refractivity contribution in [3.63, 3.8) is 0 Å². The Kier molecular flexibility index (Phi) is 7.75. The molecule has 1 aromatic heterocycles. The highest BCUT2D eigenvalue weighted by molar-refractivity contribution is 5.93. The van der Waals surface area contributed by atoms with Gasteiger partial charge in [-0.2, -0.15) is 0 Å². The number of nitrogens with two attached hydrogens (primary N) is 1. The first-order valence-electron chi connectivity index (χ1n) is 10.5. The van der Waals surface area contributed by atoms with Crippen LogP contribution in [0.2, 0.25) is 0 Å². The number of ether oxygens (including phenoxy) is 1. The van der Waals surface area contributed by atoms with Gasteiger partial charge in [-0.1, -0.05) is 42.5 Å². The predicted molar refractivity (Wildman–Crippen MR) is 124 cm³/mol. The third-order valence-corrected chi connectivity index (χ3v) is 5.13. The quantitative estimate of drug-likeness (QED) is 0.361. The molecule has 3 aromatic rings. The predicted octanol–water partition coefficient (Wildman–Crippen LogP) is 2.48. The second-order valence-electron chi connectivity index (χ2n) is 7.49. The van der Waals surface area contributed by atoms with Gasteiger partial charge in [0.15, 0.2) is 0 Å². The van der Waals surface area contributed by atoms with Crippen LogP contribution < -0.4 is 16.0 Å². The van der Waals surface area contributed by atoms with Crippen molar-refractivity contribution in [2.75, 3.05) is 6.54 Å². The van der Waals surface area contributed by atoms with E-state index in [2.05, 4.69) is 0 Å². The third-order valence-electron chi connectivity index (χ3n) is 5.13. The van der Waals surface area contributed by atoms with Crippen molar-refractivity contribution in [3.05, 3.63) is 104 Å². The van der Waals surface area contributed by atoms with E-state index in [4.69, 9.17) is 10.5 Å². The van der Waals surface area contributed by atoms with E-state index in [0.29, 0.717) is 18.9 Å². The fourth-order valence-electron chi connectivity index (χ4n) is 3.29. The summed E-state index contributed by atoms with van der Waals surface area (Å²) in [7, 11) is 0. The Labute approximate surface area is 195 Å². The molecular weight excluding hydrogens is 440 g/mol. The second-order valence-corrected chi connectivity index (χ2v) is 7.49. The molecule has 3 rings (SSSR count). The number of hydrogen-bond donors (Lipinski definition) is 1. The van der Waals surface area contributed by atoms with Crippen molar-refractivity contribution < 1.29 is 19.2 Å². The van der Waals surface area contributed by atoms with Crippen molar-refractivity contribution in [2.24, 2.45) is 5.73 Å². The molecule has 0 bridgehead atoms. The van der Waals surface area contributed by atoms with Crippen LogP contribution in [0.5, 0.6) is 5.75 Å². The standard InChI is InChI=1S/C24H24N4O6/c1-2-26(13-17-8-10-20(11-9-17)34-16-18-6-4-3-5-7-18)22(29)15-27-14-19(28(32)33)12-21(23(25)30)24(27)31/h3-12,14H,2,13,15-16H2,1H3,(H2,25,30). The van der Waals surface area contributed by atoms with Crippen LogP contribution in [0.1, 0.15) is 28.4 Å². The zero-order chi connectivity index (χ0) is 24.7. The molecule has 0 unspecified atom stereocenters. The number of nitro groups is 1. The molecule has 2 N–H and O–H groups in total. The lowest BCUT2D eigenvalue weighted by molar-refractivity contribution is -0.385. The molecule has 0 aliphatic heterocycles. The molecule has 0 fully saturated rings. The van der Waals surface area contributed by atoms with Crippen LogP contribution in [-0.4, -0.2) is 32.7 Å². The molecule has 10 nitrogen and oxygen atoms in total. The van der Waals surface area contributed by atoms with Gasteiger partial charge in [0.2, 0.25) is 5.91 Å².